The highest BCUT2D eigenvalue weighted by Crippen LogP contribution is 2.31. The molecule has 1 N–H and O–H groups in total. The fourth-order valence-corrected chi connectivity index (χ4v) is 2.86. The Labute approximate surface area is 129 Å². The van der Waals surface area contributed by atoms with Crippen molar-refractivity contribution in [3.8, 4) is 0 Å². The van der Waals surface area contributed by atoms with Crippen molar-refractivity contribution in [2.75, 3.05) is 6.54 Å². The molecule has 2 heterocycles. The molecule has 1 aliphatic rings. The maximum Gasteiger partial charge on any atom is 0.318 e. The molecular formula is C17H18FN3O. The van der Waals surface area contributed by atoms with Gasteiger partial charge in [-0.3, -0.25) is 4.98 Å². The van der Waals surface area contributed by atoms with Gasteiger partial charge in [0.1, 0.15) is 5.82 Å². The zero-order valence-corrected chi connectivity index (χ0v) is 12.2. The standard InChI is InChI=1S/C17H18FN3O/c18-15-5-2-1-4-14(15)12-20-17(22)21-11-3-6-16(21)13-7-9-19-10-8-13/h1-2,4-5,7-10,16H,3,6,11-12H2,(H,20,22)/t16-/m0/s1. The zero-order chi connectivity index (χ0) is 15.4. The highest BCUT2D eigenvalue weighted by Gasteiger charge is 2.29. The van der Waals surface area contributed by atoms with Crippen LogP contribution in [0.25, 0.3) is 0 Å². The van der Waals surface area contributed by atoms with Crippen molar-refractivity contribution in [1.82, 2.24) is 15.2 Å². The van der Waals surface area contributed by atoms with Crippen molar-refractivity contribution < 1.29 is 9.18 Å². The number of benzene rings is 1. The Morgan fingerprint density at radius 1 is 1.27 bits per heavy atom. The third kappa shape index (κ3) is 3.08. The maximum atomic E-state index is 13.6. The minimum atomic E-state index is -0.296. The molecule has 0 bridgehead atoms. The summed E-state index contributed by atoms with van der Waals surface area (Å²) in [4.78, 5) is 18.2. The third-order valence-corrected chi connectivity index (χ3v) is 3.99. The predicted molar refractivity (Wildman–Crippen MR) is 81.6 cm³/mol. The van der Waals surface area contributed by atoms with Gasteiger partial charge >= 0.3 is 6.03 Å². The number of aromatic nitrogens is 1. The molecule has 1 atom stereocenters. The van der Waals surface area contributed by atoms with Crippen LogP contribution in [0.5, 0.6) is 0 Å². The molecule has 0 spiro atoms. The van der Waals surface area contributed by atoms with Crippen LogP contribution >= 0.6 is 0 Å². The van der Waals surface area contributed by atoms with Crippen molar-refractivity contribution in [2.24, 2.45) is 0 Å². The van der Waals surface area contributed by atoms with Crippen LogP contribution in [0, 0.1) is 5.82 Å². The summed E-state index contributed by atoms with van der Waals surface area (Å²) < 4.78 is 13.6. The minimum Gasteiger partial charge on any atom is -0.334 e. The second-order valence-corrected chi connectivity index (χ2v) is 5.38. The summed E-state index contributed by atoms with van der Waals surface area (Å²) >= 11 is 0. The molecule has 1 aromatic heterocycles. The number of halogens is 1. The smallest absolute Gasteiger partial charge is 0.318 e. The molecule has 3 rings (SSSR count). The lowest BCUT2D eigenvalue weighted by molar-refractivity contribution is 0.192. The van der Waals surface area contributed by atoms with E-state index < -0.39 is 0 Å². The number of hydrogen-bond acceptors (Lipinski definition) is 2. The Hall–Kier alpha value is -2.43. The first-order chi connectivity index (χ1) is 10.8. The van der Waals surface area contributed by atoms with E-state index in [0.29, 0.717) is 5.56 Å². The van der Waals surface area contributed by atoms with Crippen LogP contribution in [0.2, 0.25) is 0 Å². The van der Waals surface area contributed by atoms with Crippen LogP contribution in [0.3, 0.4) is 0 Å². The molecule has 1 saturated heterocycles. The van der Waals surface area contributed by atoms with E-state index in [0.717, 1.165) is 24.9 Å². The van der Waals surface area contributed by atoms with Gasteiger partial charge in [0.15, 0.2) is 0 Å². The Balaban J connectivity index is 1.65. The van der Waals surface area contributed by atoms with Crippen LogP contribution < -0.4 is 5.32 Å². The monoisotopic (exact) mass is 299 g/mol. The zero-order valence-electron chi connectivity index (χ0n) is 12.2. The van der Waals surface area contributed by atoms with Gasteiger partial charge in [0, 0.05) is 31.0 Å². The van der Waals surface area contributed by atoms with Gasteiger partial charge in [-0.25, -0.2) is 9.18 Å². The lowest BCUT2D eigenvalue weighted by Crippen LogP contribution is -2.39. The van der Waals surface area contributed by atoms with Gasteiger partial charge in [-0.05, 0) is 36.6 Å². The number of carbonyl (C=O) groups is 1. The van der Waals surface area contributed by atoms with E-state index in [9.17, 15) is 9.18 Å². The Morgan fingerprint density at radius 3 is 2.82 bits per heavy atom. The average Bonchev–Trinajstić information content (AvgIpc) is 3.04. The molecule has 4 nitrogen and oxygen atoms in total. The van der Waals surface area contributed by atoms with Gasteiger partial charge in [-0.2, -0.15) is 0 Å². The Morgan fingerprint density at radius 2 is 2.05 bits per heavy atom. The van der Waals surface area contributed by atoms with Crippen LogP contribution in [0.1, 0.15) is 30.0 Å². The number of rotatable bonds is 3. The van der Waals surface area contributed by atoms with Crippen molar-refractivity contribution in [1.29, 1.82) is 0 Å². The van der Waals surface area contributed by atoms with Crippen molar-refractivity contribution in [3.05, 3.63) is 65.7 Å². The summed E-state index contributed by atoms with van der Waals surface area (Å²) in [6.07, 6.45) is 5.39. The third-order valence-electron chi connectivity index (χ3n) is 3.99. The van der Waals surface area contributed by atoms with Crippen molar-refractivity contribution in [2.45, 2.75) is 25.4 Å². The maximum absolute atomic E-state index is 13.6. The van der Waals surface area contributed by atoms with Crippen LogP contribution in [-0.2, 0) is 6.54 Å². The Kier molecular flexibility index (Phi) is 4.32. The molecule has 114 valence electrons. The lowest BCUT2D eigenvalue weighted by Gasteiger charge is -2.25. The normalized spacial score (nSPS) is 17.5. The molecule has 22 heavy (non-hydrogen) atoms. The topological polar surface area (TPSA) is 45.2 Å². The molecule has 2 aromatic rings. The number of nitrogens with zero attached hydrogens (tertiary/aromatic N) is 2. The van der Waals surface area contributed by atoms with Gasteiger partial charge < -0.3 is 10.2 Å². The fraction of sp³-hybridized carbons (Fsp3) is 0.294. The highest BCUT2D eigenvalue weighted by atomic mass is 19.1. The number of nitrogens with one attached hydrogen (secondary N) is 1. The molecule has 1 aliphatic heterocycles. The number of likely N-dealkylation sites (tertiary alicyclic amines) is 1. The Bertz CT molecular complexity index is 647. The minimum absolute atomic E-state index is 0.0728. The molecule has 0 radical (unpaired) electrons. The van der Waals surface area contributed by atoms with E-state index in [1.54, 1.807) is 30.6 Å². The van der Waals surface area contributed by atoms with E-state index >= 15 is 0 Å². The second kappa shape index (κ2) is 6.56. The molecule has 0 unspecified atom stereocenters. The summed E-state index contributed by atoms with van der Waals surface area (Å²) in [6.45, 7) is 0.918. The molecule has 2 amide bonds. The first-order valence-corrected chi connectivity index (χ1v) is 7.43. The van der Waals surface area contributed by atoms with E-state index in [4.69, 9.17) is 0 Å². The lowest BCUT2D eigenvalue weighted by atomic mass is 10.1. The van der Waals surface area contributed by atoms with Gasteiger partial charge in [-0.15, -0.1) is 0 Å². The summed E-state index contributed by atoms with van der Waals surface area (Å²) in [5.41, 5.74) is 1.59. The largest absolute Gasteiger partial charge is 0.334 e. The summed E-state index contributed by atoms with van der Waals surface area (Å²) in [6, 6.07) is 10.3. The van der Waals surface area contributed by atoms with Crippen molar-refractivity contribution in [3.63, 3.8) is 0 Å². The summed E-state index contributed by atoms with van der Waals surface area (Å²) in [5.74, 6) is -0.296. The van der Waals surface area contributed by atoms with Gasteiger partial charge in [-0.1, -0.05) is 18.2 Å². The predicted octanol–water partition coefficient (Wildman–Crippen LogP) is 3.27. The number of carbonyl (C=O) groups excluding carboxylic acids is 1. The number of urea groups is 1. The van der Waals surface area contributed by atoms with E-state index in [-0.39, 0.29) is 24.4 Å². The highest BCUT2D eigenvalue weighted by molar-refractivity contribution is 5.75. The SMILES string of the molecule is O=C(NCc1ccccc1F)N1CCC[C@H]1c1ccncc1. The van der Waals surface area contributed by atoms with Gasteiger partial charge in [0.05, 0.1) is 6.04 Å². The molecule has 0 aliphatic carbocycles. The molecular weight excluding hydrogens is 281 g/mol. The van der Waals surface area contributed by atoms with Crippen LogP contribution in [0.4, 0.5) is 9.18 Å². The molecule has 1 aromatic carbocycles. The number of amides is 2. The molecule has 5 heteroatoms. The van der Waals surface area contributed by atoms with E-state index in [1.807, 2.05) is 17.0 Å². The first kappa shape index (κ1) is 14.5. The van der Waals surface area contributed by atoms with Crippen LogP contribution in [0.15, 0.2) is 48.8 Å². The fourth-order valence-electron chi connectivity index (χ4n) is 2.86. The molecule has 1 fully saturated rings. The quantitative estimate of drug-likeness (QED) is 0.945. The van der Waals surface area contributed by atoms with Crippen LogP contribution in [-0.4, -0.2) is 22.5 Å². The van der Waals surface area contributed by atoms with Gasteiger partial charge in [0.25, 0.3) is 0 Å². The second-order valence-electron chi connectivity index (χ2n) is 5.38. The van der Waals surface area contributed by atoms with E-state index in [1.165, 1.54) is 6.07 Å². The van der Waals surface area contributed by atoms with Crippen molar-refractivity contribution >= 4 is 6.03 Å². The first-order valence-electron chi connectivity index (χ1n) is 7.43. The number of pyridine rings is 1. The average molecular weight is 299 g/mol. The summed E-state index contributed by atoms with van der Waals surface area (Å²) in [5, 5.41) is 2.81. The summed E-state index contributed by atoms with van der Waals surface area (Å²) in [7, 11) is 0. The molecule has 0 saturated carbocycles. The van der Waals surface area contributed by atoms with E-state index in [2.05, 4.69) is 10.3 Å². The number of hydrogen-bond donors (Lipinski definition) is 1. The van der Waals surface area contributed by atoms with Gasteiger partial charge in [0.2, 0.25) is 0 Å².